The van der Waals surface area contributed by atoms with Crippen LogP contribution in [0.5, 0.6) is 0 Å². The lowest BCUT2D eigenvalue weighted by molar-refractivity contribution is -0.0755. The summed E-state index contributed by atoms with van der Waals surface area (Å²) in [6.07, 6.45) is 4.42. The van der Waals surface area contributed by atoms with Crippen LogP contribution < -0.4 is 5.32 Å². The largest absolute Gasteiger partial charge is 0.377 e. The molecule has 3 heterocycles. The number of rotatable bonds is 7. The lowest BCUT2D eigenvalue weighted by atomic mass is 9.91. The number of methoxy groups -OCH3 is 1. The van der Waals surface area contributed by atoms with Crippen LogP contribution in [0.4, 0.5) is 0 Å². The van der Waals surface area contributed by atoms with E-state index in [0.717, 1.165) is 30.0 Å². The molecule has 0 aromatic carbocycles. The number of ether oxygens (including phenoxy) is 2. The van der Waals surface area contributed by atoms with Gasteiger partial charge in [-0.2, -0.15) is 0 Å². The van der Waals surface area contributed by atoms with Crippen molar-refractivity contribution in [2.24, 2.45) is 0 Å². The first kappa shape index (κ1) is 14.2. The van der Waals surface area contributed by atoms with Gasteiger partial charge in [0.1, 0.15) is 6.61 Å². The van der Waals surface area contributed by atoms with Crippen LogP contribution in [0.3, 0.4) is 0 Å². The van der Waals surface area contributed by atoms with E-state index in [1.165, 1.54) is 0 Å². The van der Waals surface area contributed by atoms with E-state index in [2.05, 4.69) is 21.5 Å². The van der Waals surface area contributed by atoms with Crippen molar-refractivity contribution >= 4 is 0 Å². The maximum atomic E-state index is 5.39. The summed E-state index contributed by atoms with van der Waals surface area (Å²) in [5.74, 6) is 0.746. The fourth-order valence-electron chi connectivity index (χ4n) is 2.40. The van der Waals surface area contributed by atoms with Gasteiger partial charge in [-0.25, -0.2) is 0 Å². The second-order valence-electron chi connectivity index (χ2n) is 5.38. The van der Waals surface area contributed by atoms with Gasteiger partial charge < -0.3 is 19.3 Å². The quantitative estimate of drug-likeness (QED) is 0.829. The first-order chi connectivity index (χ1) is 10.3. The highest BCUT2D eigenvalue weighted by Crippen LogP contribution is 2.23. The molecule has 0 unspecified atom stereocenters. The average Bonchev–Trinajstić information content (AvgIpc) is 2.90. The number of nitrogens with one attached hydrogen (secondary N) is 1. The standard InChI is InChI=1S/C15H19N3O3/c1-19-9-14-5-13(18-21-14)6-15(10-20-11-15)17-8-12-3-2-4-16-7-12/h2-5,7,17H,6,8-11H2,1H3. The van der Waals surface area contributed by atoms with Crippen molar-refractivity contribution in [3.8, 4) is 0 Å². The van der Waals surface area contributed by atoms with E-state index in [4.69, 9.17) is 14.0 Å². The van der Waals surface area contributed by atoms with Crippen molar-refractivity contribution in [1.29, 1.82) is 0 Å². The van der Waals surface area contributed by atoms with Gasteiger partial charge in [0.2, 0.25) is 0 Å². The van der Waals surface area contributed by atoms with E-state index in [-0.39, 0.29) is 5.54 Å². The zero-order chi connectivity index (χ0) is 14.5. The summed E-state index contributed by atoms with van der Waals surface area (Å²) >= 11 is 0. The van der Waals surface area contributed by atoms with Gasteiger partial charge in [0.05, 0.1) is 24.4 Å². The Bertz CT molecular complexity index is 567. The smallest absolute Gasteiger partial charge is 0.162 e. The van der Waals surface area contributed by atoms with Crippen molar-refractivity contribution < 1.29 is 14.0 Å². The third-order valence-electron chi connectivity index (χ3n) is 3.56. The van der Waals surface area contributed by atoms with E-state index >= 15 is 0 Å². The maximum absolute atomic E-state index is 5.39. The van der Waals surface area contributed by atoms with Crippen LogP contribution in [-0.4, -0.2) is 36.0 Å². The number of hydrogen-bond donors (Lipinski definition) is 1. The van der Waals surface area contributed by atoms with Crippen molar-refractivity contribution in [3.05, 3.63) is 47.6 Å². The van der Waals surface area contributed by atoms with Gasteiger partial charge >= 0.3 is 0 Å². The Morgan fingerprint density at radius 2 is 2.33 bits per heavy atom. The lowest BCUT2D eigenvalue weighted by Gasteiger charge is -2.42. The Morgan fingerprint density at radius 3 is 3.00 bits per heavy atom. The van der Waals surface area contributed by atoms with Gasteiger partial charge in [-0.15, -0.1) is 0 Å². The highest BCUT2D eigenvalue weighted by Gasteiger charge is 2.39. The highest BCUT2D eigenvalue weighted by atomic mass is 16.5. The Balaban J connectivity index is 1.60. The number of aromatic nitrogens is 2. The first-order valence-electron chi connectivity index (χ1n) is 6.95. The number of hydrogen-bond acceptors (Lipinski definition) is 6. The molecule has 112 valence electrons. The molecule has 0 atom stereocenters. The van der Waals surface area contributed by atoms with Crippen LogP contribution in [0.1, 0.15) is 17.0 Å². The predicted molar refractivity (Wildman–Crippen MR) is 75.5 cm³/mol. The van der Waals surface area contributed by atoms with Crippen LogP contribution in [0.2, 0.25) is 0 Å². The summed E-state index contributed by atoms with van der Waals surface area (Å²) in [7, 11) is 1.64. The predicted octanol–water partition coefficient (Wildman–Crippen LogP) is 1.32. The minimum absolute atomic E-state index is 0.0724. The third-order valence-corrected chi connectivity index (χ3v) is 3.56. The van der Waals surface area contributed by atoms with E-state index in [9.17, 15) is 0 Å². The Labute approximate surface area is 123 Å². The average molecular weight is 289 g/mol. The third kappa shape index (κ3) is 3.47. The summed E-state index contributed by atoms with van der Waals surface area (Å²) in [6.45, 7) is 2.57. The Morgan fingerprint density at radius 1 is 1.43 bits per heavy atom. The molecule has 2 aromatic heterocycles. The molecule has 1 aliphatic heterocycles. The molecule has 3 rings (SSSR count). The summed E-state index contributed by atoms with van der Waals surface area (Å²) in [4.78, 5) is 4.12. The zero-order valence-corrected chi connectivity index (χ0v) is 12.0. The van der Waals surface area contributed by atoms with Crippen molar-refractivity contribution in [1.82, 2.24) is 15.5 Å². The normalized spacial score (nSPS) is 16.6. The van der Waals surface area contributed by atoms with Crippen LogP contribution in [-0.2, 0) is 29.0 Å². The molecule has 0 amide bonds. The summed E-state index contributed by atoms with van der Waals surface area (Å²) in [5, 5.41) is 7.65. The summed E-state index contributed by atoms with van der Waals surface area (Å²) in [6, 6.07) is 5.94. The van der Waals surface area contributed by atoms with Gasteiger partial charge in [-0.05, 0) is 11.6 Å². The molecule has 6 nitrogen and oxygen atoms in total. The van der Waals surface area contributed by atoms with E-state index in [1.807, 2.05) is 18.3 Å². The molecule has 0 spiro atoms. The van der Waals surface area contributed by atoms with Crippen molar-refractivity contribution in [3.63, 3.8) is 0 Å². The zero-order valence-electron chi connectivity index (χ0n) is 12.0. The molecule has 1 aliphatic rings. The van der Waals surface area contributed by atoms with Gasteiger partial charge in [-0.3, -0.25) is 4.98 Å². The molecule has 0 radical (unpaired) electrons. The molecule has 0 bridgehead atoms. The molecule has 6 heteroatoms. The molecule has 21 heavy (non-hydrogen) atoms. The van der Waals surface area contributed by atoms with Crippen LogP contribution in [0.25, 0.3) is 0 Å². The second kappa shape index (κ2) is 6.34. The fourth-order valence-corrected chi connectivity index (χ4v) is 2.40. The topological polar surface area (TPSA) is 69.4 Å². The molecule has 1 N–H and O–H groups in total. The van der Waals surface area contributed by atoms with Crippen molar-refractivity contribution in [2.75, 3.05) is 20.3 Å². The Hall–Kier alpha value is -1.76. The second-order valence-corrected chi connectivity index (χ2v) is 5.38. The molecule has 0 saturated carbocycles. The fraction of sp³-hybridized carbons (Fsp3) is 0.467. The summed E-state index contributed by atoms with van der Waals surface area (Å²) in [5.41, 5.74) is 2.00. The van der Waals surface area contributed by atoms with E-state index in [1.54, 1.807) is 13.3 Å². The highest BCUT2D eigenvalue weighted by molar-refractivity contribution is 5.14. The molecular weight excluding hydrogens is 270 g/mol. The molecule has 0 aliphatic carbocycles. The minimum Gasteiger partial charge on any atom is -0.377 e. The minimum atomic E-state index is -0.0724. The van der Waals surface area contributed by atoms with Gasteiger partial charge in [0.15, 0.2) is 5.76 Å². The van der Waals surface area contributed by atoms with Crippen molar-refractivity contribution in [2.45, 2.75) is 25.1 Å². The number of nitrogens with zero attached hydrogens (tertiary/aromatic N) is 2. The van der Waals surface area contributed by atoms with Crippen LogP contribution >= 0.6 is 0 Å². The molecular formula is C15H19N3O3. The van der Waals surface area contributed by atoms with E-state index in [0.29, 0.717) is 19.8 Å². The molecule has 2 aromatic rings. The van der Waals surface area contributed by atoms with Gasteiger partial charge in [-0.1, -0.05) is 11.2 Å². The van der Waals surface area contributed by atoms with Crippen LogP contribution in [0, 0.1) is 0 Å². The van der Waals surface area contributed by atoms with Crippen LogP contribution in [0.15, 0.2) is 35.1 Å². The number of pyridine rings is 1. The lowest BCUT2D eigenvalue weighted by Crippen LogP contribution is -2.61. The van der Waals surface area contributed by atoms with Gasteiger partial charge in [0, 0.05) is 38.5 Å². The molecule has 1 saturated heterocycles. The van der Waals surface area contributed by atoms with Gasteiger partial charge in [0.25, 0.3) is 0 Å². The Kier molecular flexibility index (Phi) is 4.28. The SMILES string of the molecule is COCc1cc(CC2(NCc3cccnc3)COC2)no1. The summed E-state index contributed by atoms with van der Waals surface area (Å²) < 4.78 is 15.7. The first-order valence-corrected chi connectivity index (χ1v) is 6.95. The van der Waals surface area contributed by atoms with E-state index < -0.39 is 0 Å². The monoisotopic (exact) mass is 289 g/mol. The molecule has 1 fully saturated rings. The maximum Gasteiger partial charge on any atom is 0.162 e.